The van der Waals surface area contributed by atoms with Crippen LogP contribution >= 0.6 is 0 Å². The van der Waals surface area contributed by atoms with E-state index in [1.165, 1.54) is 0 Å². The van der Waals surface area contributed by atoms with Crippen molar-refractivity contribution in [1.29, 1.82) is 0 Å². The molecule has 1 aromatic carbocycles. The van der Waals surface area contributed by atoms with Crippen LogP contribution in [-0.4, -0.2) is 46.5 Å². The van der Waals surface area contributed by atoms with Crippen LogP contribution in [0.3, 0.4) is 0 Å². The average Bonchev–Trinajstić information content (AvgIpc) is 2.64. The zero-order valence-corrected chi connectivity index (χ0v) is 14.5. The van der Waals surface area contributed by atoms with Crippen LogP contribution in [0.2, 0.25) is 0 Å². The first kappa shape index (κ1) is 16.9. The quantitative estimate of drug-likeness (QED) is 0.895. The van der Waals surface area contributed by atoms with Gasteiger partial charge in [0.2, 0.25) is 5.75 Å². The smallest absolute Gasteiger partial charge is 0.251 e. The van der Waals surface area contributed by atoms with Crippen LogP contribution < -0.4 is 19.5 Å². The van der Waals surface area contributed by atoms with Crippen molar-refractivity contribution >= 4 is 5.91 Å². The molecule has 132 valence electrons. The molecule has 1 aliphatic heterocycles. The van der Waals surface area contributed by atoms with Gasteiger partial charge in [0.1, 0.15) is 0 Å². The number of rotatable bonds is 5. The highest BCUT2D eigenvalue weighted by molar-refractivity contribution is 5.96. The van der Waals surface area contributed by atoms with Crippen molar-refractivity contribution in [2.24, 2.45) is 5.41 Å². The molecule has 1 amide bonds. The number of hydrogen-bond acceptors (Lipinski definition) is 5. The van der Waals surface area contributed by atoms with E-state index in [-0.39, 0.29) is 17.4 Å². The molecule has 3 rings (SSSR count). The normalized spacial score (nSPS) is 21.7. The summed E-state index contributed by atoms with van der Waals surface area (Å²) in [6.07, 6.45) is 4.23. The van der Waals surface area contributed by atoms with E-state index in [2.05, 4.69) is 5.32 Å². The van der Waals surface area contributed by atoms with Gasteiger partial charge in [-0.2, -0.15) is 0 Å². The molecular weight excluding hydrogens is 310 g/mol. The lowest BCUT2D eigenvalue weighted by atomic mass is 9.60. The largest absolute Gasteiger partial charge is 0.493 e. The molecule has 1 saturated heterocycles. The monoisotopic (exact) mass is 335 g/mol. The molecule has 1 spiro atoms. The van der Waals surface area contributed by atoms with Gasteiger partial charge in [0, 0.05) is 24.8 Å². The Morgan fingerprint density at radius 1 is 1.08 bits per heavy atom. The molecule has 0 bridgehead atoms. The van der Waals surface area contributed by atoms with Gasteiger partial charge in [-0.25, -0.2) is 0 Å². The standard InChI is InChI=1S/C18H25NO5/c1-21-13-10-12(11-14(22-2)16(13)23-3)17(20)19-15-4-5-18(15)6-8-24-9-7-18/h10-11,15H,4-9H2,1-3H3,(H,19,20). The summed E-state index contributed by atoms with van der Waals surface area (Å²) in [4.78, 5) is 12.7. The second kappa shape index (κ2) is 6.89. The number of ether oxygens (including phenoxy) is 4. The van der Waals surface area contributed by atoms with Crippen LogP contribution in [0.15, 0.2) is 12.1 Å². The predicted molar refractivity (Wildman–Crippen MR) is 89.1 cm³/mol. The summed E-state index contributed by atoms with van der Waals surface area (Å²) in [5, 5.41) is 3.19. The Morgan fingerprint density at radius 2 is 1.71 bits per heavy atom. The highest BCUT2D eigenvalue weighted by Gasteiger charge is 2.48. The molecule has 6 heteroatoms. The van der Waals surface area contributed by atoms with Crippen LogP contribution in [0, 0.1) is 5.41 Å². The fourth-order valence-corrected chi connectivity index (χ4v) is 3.75. The first-order valence-corrected chi connectivity index (χ1v) is 8.32. The van der Waals surface area contributed by atoms with Crippen molar-refractivity contribution in [1.82, 2.24) is 5.32 Å². The van der Waals surface area contributed by atoms with Crippen LogP contribution in [0.4, 0.5) is 0 Å². The lowest BCUT2D eigenvalue weighted by molar-refractivity contribution is -0.0523. The number of benzene rings is 1. The highest BCUT2D eigenvalue weighted by atomic mass is 16.5. The van der Waals surface area contributed by atoms with E-state index in [1.54, 1.807) is 33.5 Å². The van der Waals surface area contributed by atoms with E-state index in [1.807, 2.05) is 0 Å². The van der Waals surface area contributed by atoms with E-state index < -0.39 is 0 Å². The third-order valence-electron chi connectivity index (χ3n) is 5.39. The molecule has 1 heterocycles. The summed E-state index contributed by atoms with van der Waals surface area (Å²) >= 11 is 0. The Kier molecular flexibility index (Phi) is 4.85. The molecule has 0 radical (unpaired) electrons. The Morgan fingerprint density at radius 3 is 2.17 bits per heavy atom. The third kappa shape index (κ3) is 2.90. The summed E-state index contributed by atoms with van der Waals surface area (Å²) in [7, 11) is 4.63. The summed E-state index contributed by atoms with van der Waals surface area (Å²) in [6, 6.07) is 3.59. The van der Waals surface area contributed by atoms with Gasteiger partial charge in [-0.3, -0.25) is 4.79 Å². The molecule has 1 unspecified atom stereocenters. The van der Waals surface area contributed by atoms with Crippen LogP contribution in [0.25, 0.3) is 0 Å². The number of carbonyl (C=O) groups is 1. The van der Waals surface area contributed by atoms with Gasteiger partial charge in [0.05, 0.1) is 21.3 Å². The summed E-state index contributed by atoms with van der Waals surface area (Å²) < 4.78 is 21.4. The Hall–Kier alpha value is -1.95. The maximum Gasteiger partial charge on any atom is 0.251 e. The zero-order chi connectivity index (χ0) is 17.2. The molecule has 1 N–H and O–H groups in total. The van der Waals surface area contributed by atoms with Crippen molar-refractivity contribution in [3.63, 3.8) is 0 Å². The van der Waals surface area contributed by atoms with Crippen molar-refractivity contribution < 1.29 is 23.7 Å². The highest BCUT2D eigenvalue weighted by Crippen LogP contribution is 2.49. The van der Waals surface area contributed by atoms with Gasteiger partial charge < -0.3 is 24.3 Å². The van der Waals surface area contributed by atoms with E-state index >= 15 is 0 Å². The SMILES string of the molecule is COc1cc(C(=O)NC2CCC23CCOCC3)cc(OC)c1OC. The van der Waals surface area contributed by atoms with Gasteiger partial charge in [0.25, 0.3) is 5.91 Å². The van der Waals surface area contributed by atoms with Gasteiger partial charge in [-0.1, -0.05) is 0 Å². The average molecular weight is 335 g/mol. The second-order valence-corrected chi connectivity index (χ2v) is 6.45. The molecule has 1 aromatic rings. The van der Waals surface area contributed by atoms with Crippen LogP contribution in [0.1, 0.15) is 36.0 Å². The van der Waals surface area contributed by atoms with Crippen LogP contribution in [-0.2, 0) is 4.74 Å². The molecule has 1 aliphatic carbocycles. The Bertz CT molecular complexity index is 584. The minimum atomic E-state index is -0.107. The van der Waals surface area contributed by atoms with Gasteiger partial charge >= 0.3 is 0 Å². The number of carbonyl (C=O) groups excluding carboxylic acids is 1. The Labute approximate surface area is 142 Å². The minimum absolute atomic E-state index is 0.107. The van der Waals surface area contributed by atoms with Crippen molar-refractivity contribution in [3.8, 4) is 17.2 Å². The van der Waals surface area contributed by atoms with Gasteiger partial charge in [0.15, 0.2) is 11.5 Å². The van der Waals surface area contributed by atoms with E-state index in [9.17, 15) is 4.79 Å². The van der Waals surface area contributed by atoms with E-state index in [4.69, 9.17) is 18.9 Å². The number of hydrogen-bond donors (Lipinski definition) is 1. The lowest BCUT2D eigenvalue weighted by Crippen LogP contribution is -2.57. The predicted octanol–water partition coefficient (Wildman–Crippen LogP) is 2.40. The summed E-state index contributed by atoms with van der Waals surface area (Å²) in [5.41, 5.74) is 0.729. The fraction of sp³-hybridized carbons (Fsp3) is 0.611. The molecule has 2 aliphatic rings. The number of nitrogens with one attached hydrogen (secondary N) is 1. The van der Waals surface area contributed by atoms with Gasteiger partial charge in [-0.15, -0.1) is 0 Å². The topological polar surface area (TPSA) is 66.0 Å². The van der Waals surface area contributed by atoms with Crippen molar-refractivity contribution in [2.75, 3.05) is 34.5 Å². The first-order valence-electron chi connectivity index (χ1n) is 8.32. The van der Waals surface area contributed by atoms with E-state index in [0.717, 1.165) is 38.9 Å². The van der Waals surface area contributed by atoms with Crippen molar-refractivity contribution in [2.45, 2.75) is 31.7 Å². The minimum Gasteiger partial charge on any atom is -0.493 e. The molecular formula is C18H25NO5. The number of methoxy groups -OCH3 is 3. The summed E-state index contributed by atoms with van der Waals surface area (Å²) in [6.45, 7) is 1.58. The lowest BCUT2D eigenvalue weighted by Gasteiger charge is -2.52. The summed E-state index contributed by atoms with van der Waals surface area (Å²) in [5.74, 6) is 1.35. The van der Waals surface area contributed by atoms with E-state index in [0.29, 0.717) is 22.8 Å². The molecule has 1 saturated carbocycles. The maximum absolute atomic E-state index is 12.7. The molecule has 24 heavy (non-hydrogen) atoms. The van der Waals surface area contributed by atoms with Crippen LogP contribution in [0.5, 0.6) is 17.2 Å². The first-order chi connectivity index (χ1) is 11.6. The second-order valence-electron chi connectivity index (χ2n) is 6.45. The molecule has 0 aromatic heterocycles. The third-order valence-corrected chi connectivity index (χ3v) is 5.39. The number of amides is 1. The molecule has 2 fully saturated rings. The fourth-order valence-electron chi connectivity index (χ4n) is 3.75. The zero-order valence-electron chi connectivity index (χ0n) is 14.5. The Balaban J connectivity index is 1.77. The maximum atomic E-state index is 12.7. The molecule has 1 atom stereocenters. The van der Waals surface area contributed by atoms with Crippen molar-refractivity contribution in [3.05, 3.63) is 17.7 Å². The molecule has 6 nitrogen and oxygen atoms in total. The van der Waals surface area contributed by atoms with Gasteiger partial charge in [-0.05, 0) is 43.2 Å².